The molecule has 2 amide bonds. The van der Waals surface area contributed by atoms with Gasteiger partial charge in [-0.25, -0.2) is 9.59 Å². The Morgan fingerprint density at radius 3 is 2.25 bits per heavy atom. The highest BCUT2D eigenvalue weighted by atomic mass is 32.2. The topological polar surface area (TPSA) is 122 Å². The highest BCUT2D eigenvalue weighted by Crippen LogP contribution is 2.13. The molecular formula is C11H12N2O6S. The molecule has 1 aromatic rings. The molecule has 20 heavy (non-hydrogen) atoms. The van der Waals surface area contributed by atoms with Gasteiger partial charge in [-0.05, 0) is 31.2 Å². The average molecular weight is 300 g/mol. The molecule has 0 saturated carbocycles. The molecule has 0 radical (unpaired) electrons. The van der Waals surface area contributed by atoms with Crippen LogP contribution in [0.2, 0.25) is 0 Å². The van der Waals surface area contributed by atoms with Gasteiger partial charge in [0.2, 0.25) is 0 Å². The number of nitrogens with one attached hydrogen (secondary N) is 2. The Morgan fingerprint density at radius 1 is 1.25 bits per heavy atom. The van der Waals surface area contributed by atoms with Gasteiger partial charge in [0, 0.05) is 11.3 Å². The Bertz CT molecular complexity index is 635. The van der Waals surface area contributed by atoms with Gasteiger partial charge in [0.25, 0.3) is 10.1 Å². The first kappa shape index (κ1) is 15.7. The molecule has 0 spiro atoms. The lowest BCUT2D eigenvalue weighted by Gasteiger charge is -2.07. The van der Waals surface area contributed by atoms with Gasteiger partial charge < -0.3 is 10.2 Å². The van der Waals surface area contributed by atoms with Crippen LogP contribution in [-0.4, -0.2) is 25.0 Å². The molecule has 0 saturated heterocycles. The van der Waals surface area contributed by atoms with E-state index in [-0.39, 0.29) is 16.2 Å². The molecule has 8 nitrogen and oxygen atoms in total. The maximum atomic E-state index is 11.3. The molecule has 0 unspecified atom stereocenters. The first-order valence-corrected chi connectivity index (χ1v) is 6.65. The zero-order valence-corrected chi connectivity index (χ0v) is 11.2. The standard InChI is InChI=1S/C11H12N2O6S/c1-7(2)10(14)19-13-11(15)12-8-3-5-9(6-4-8)20(16,17)18/h3-6H,1H2,2H3,(H2,12,13,15)(H,16,17,18). The van der Waals surface area contributed by atoms with Crippen molar-refractivity contribution in [1.29, 1.82) is 0 Å². The summed E-state index contributed by atoms with van der Waals surface area (Å²) in [5.41, 5.74) is 2.18. The van der Waals surface area contributed by atoms with Crippen molar-refractivity contribution in [1.82, 2.24) is 5.48 Å². The van der Waals surface area contributed by atoms with Crippen LogP contribution in [0.5, 0.6) is 0 Å². The average Bonchev–Trinajstić information content (AvgIpc) is 2.35. The zero-order chi connectivity index (χ0) is 15.3. The minimum Gasteiger partial charge on any atom is -0.334 e. The second-order valence-corrected chi connectivity index (χ2v) is 5.15. The van der Waals surface area contributed by atoms with Gasteiger partial charge in [-0.15, -0.1) is 0 Å². The van der Waals surface area contributed by atoms with Crippen LogP contribution in [0, 0.1) is 0 Å². The fourth-order valence-electron chi connectivity index (χ4n) is 1.05. The highest BCUT2D eigenvalue weighted by molar-refractivity contribution is 7.85. The van der Waals surface area contributed by atoms with Crippen LogP contribution in [-0.2, 0) is 19.8 Å². The number of amides is 2. The number of anilines is 1. The van der Waals surface area contributed by atoms with Crippen LogP contribution in [0.4, 0.5) is 10.5 Å². The van der Waals surface area contributed by atoms with Crippen molar-refractivity contribution >= 4 is 27.8 Å². The van der Waals surface area contributed by atoms with Crippen molar-refractivity contribution in [3.05, 3.63) is 36.4 Å². The lowest BCUT2D eigenvalue weighted by Crippen LogP contribution is -2.31. The number of carbonyl (C=O) groups is 2. The van der Waals surface area contributed by atoms with Crippen LogP contribution in [0.25, 0.3) is 0 Å². The molecule has 0 bridgehead atoms. The molecular weight excluding hydrogens is 288 g/mol. The second-order valence-electron chi connectivity index (χ2n) is 3.73. The summed E-state index contributed by atoms with van der Waals surface area (Å²) in [6.45, 7) is 4.74. The summed E-state index contributed by atoms with van der Waals surface area (Å²) in [5, 5.41) is 2.28. The van der Waals surface area contributed by atoms with Gasteiger partial charge >= 0.3 is 12.0 Å². The first-order valence-electron chi connectivity index (χ1n) is 5.21. The van der Waals surface area contributed by atoms with Gasteiger partial charge in [0.05, 0.1) is 4.90 Å². The monoisotopic (exact) mass is 300 g/mol. The molecule has 1 rings (SSSR count). The molecule has 0 aliphatic carbocycles. The van der Waals surface area contributed by atoms with Crippen LogP contribution in [0.3, 0.4) is 0 Å². The molecule has 3 N–H and O–H groups in total. The first-order chi connectivity index (χ1) is 9.20. The zero-order valence-electron chi connectivity index (χ0n) is 10.4. The van der Waals surface area contributed by atoms with Crippen molar-refractivity contribution in [2.24, 2.45) is 0 Å². The molecule has 0 heterocycles. The number of hydroxylamine groups is 1. The van der Waals surface area contributed by atoms with E-state index in [1.807, 2.05) is 5.48 Å². The second kappa shape index (κ2) is 6.17. The number of rotatable bonds is 3. The third-order valence-corrected chi connectivity index (χ3v) is 2.86. The van der Waals surface area contributed by atoms with E-state index in [2.05, 4.69) is 16.7 Å². The fraction of sp³-hybridized carbons (Fsp3) is 0.0909. The van der Waals surface area contributed by atoms with E-state index in [4.69, 9.17) is 4.55 Å². The van der Waals surface area contributed by atoms with E-state index < -0.39 is 22.1 Å². The van der Waals surface area contributed by atoms with Crippen LogP contribution in [0.1, 0.15) is 6.92 Å². The van der Waals surface area contributed by atoms with Crippen molar-refractivity contribution in [3.8, 4) is 0 Å². The summed E-state index contributed by atoms with van der Waals surface area (Å²) in [6.07, 6.45) is 0. The maximum Gasteiger partial charge on any atom is 0.358 e. The molecule has 108 valence electrons. The number of urea groups is 1. The largest absolute Gasteiger partial charge is 0.358 e. The third kappa shape index (κ3) is 4.71. The normalized spacial score (nSPS) is 10.5. The smallest absolute Gasteiger partial charge is 0.334 e. The summed E-state index contributed by atoms with van der Waals surface area (Å²) >= 11 is 0. The van der Waals surface area contributed by atoms with E-state index in [0.717, 1.165) is 12.1 Å². The van der Waals surface area contributed by atoms with E-state index in [0.29, 0.717) is 0 Å². The fourth-order valence-corrected chi connectivity index (χ4v) is 1.53. The van der Waals surface area contributed by atoms with Crippen LogP contribution in [0.15, 0.2) is 41.3 Å². The van der Waals surface area contributed by atoms with E-state index in [1.165, 1.54) is 19.1 Å². The van der Waals surface area contributed by atoms with E-state index >= 15 is 0 Å². The minimum atomic E-state index is -4.29. The Hall–Kier alpha value is -2.39. The molecule has 0 atom stereocenters. The number of hydrogen-bond acceptors (Lipinski definition) is 5. The van der Waals surface area contributed by atoms with Gasteiger partial charge in [-0.2, -0.15) is 13.9 Å². The molecule has 0 aliphatic rings. The summed E-state index contributed by atoms with van der Waals surface area (Å²) in [4.78, 5) is 26.4. The number of benzene rings is 1. The molecule has 0 fully saturated rings. The van der Waals surface area contributed by atoms with E-state index in [9.17, 15) is 18.0 Å². The Balaban J connectivity index is 2.59. The van der Waals surface area contributed by atoms with Crippen molar-refractivity contribution in [2.45, 2.75) is 11.8 Å². The summed E-state index contributed by atoms with van der Waals surface area (Å²) in [5.74, 6) is -0.790. The summed E-state index contributed by atoms with van der Waals surface area (Å²) in [6, 6.07) is 3.88. The van der Waals surface area contributed by atoms with Crippen molar-refractivity contribution in [3.63, 3.8) is 0 Å². The van der Waals surface area contributed by atoms with Gasteiger partial charge in [0.15, 0.2) is 0 Å². The van der Waals surface area contributed by atoms with Crippen molar-refractivity contribution < 1.29 is 27.4 Å². The van der Waals surface area contributed by atoms with Gasteiger partial charge in [-0.3, -0.25) is 4.55 Å². The SMILES string of the molecule is C=C(C)C(=O)ONC(=O)Nc1ccc(S(=O)(=O)O)cc1. The van der Waals surface area contributed by atoms with Crippen LogP contribution >= 0.6 is 0 Å². The Morgan fingerprint density at radius 2 is 1.80 bits per heavy atom. The van der Waals surface area contributed by atoms with Gasteiger partial charge in [-0.1, -0.05) is 6.58 Å². The molecule has 9 heteroatoms. The van der Waals surface area contributed by atoms with Gasteiger partial charge in [0.1, 0.15) is 0 Å². The van der Waals surface area contributed by atoms with Crippen molar-refractivity contribution in [2.75, 3.05) is 5.32 Å². The summed E-state index contributed by atoms with van der Waals surface area (Å²) in [7, 11) is -4.29. The maximum absolute atomic E-state index is 11.3. The molecule has 0 aliphatic heterocycles. The predicted molar refractivity (Wildman–Crippen MR) is 69.3 cm³/mol. The third-order valence-electron chi connectivity index (χ3n) is 1.99. The quantitative estimate of drug-likeness (QED) is 0.436. The summed E-state index contributed by atoms with van der Waals surface area (Å²) < 4.78 is 30.4. The Labute approximate surface area is 115 Å². The predicted octanol–water partition coefficient (Wildman–Crippen LogP) is 1.09. The highest BCUT2D eigenvalue weighted by Gasteiger charge is 2.10. The number of carbonyl (C=O) groups excluding carboxylic acids is 2. The lowest BCUT2D eigenvalue weighted by atomic mass is 10.3. The minimum absolute atomic E-state index is 0.114. The Kier molecular flexibility index (Phi) is 4.83. The molecule has 1 aromatic carbocycles. The molecule has 0 aromatic heterocycles. The van der Waals surface area contributed by atoms with E-state index in [1.54, 1.807) is 0 Å². The lowest BCUT2D eigenvalue weighted by molar-refractivity contribution is -0.143. The van der Waals surface area contributed by atoms with Crippen LogP contribution < -0.4 is 10.8 Å². The number of hydrogen-bond donors (Lipinski definition) is 3.